The van der Waals surface area contributed by atoms with Crippen molar-refractivity contribution < 1.29 is 0 Å². The lowest BCUT2D eigenvalue weighted by atomic mass is 9.88. The molecular weight excluding hydrogens is 356 g/mol. The molecule has 0 aliphatic carbocycles. The average molecular weight is 387 g/mol. The Balaban J connectivity index is 1.73. The van der Waals surface area contributed by atoms with Gasteiger partial charge in [0.15, 0.2) is 0 Å². The molecule has 4 heteroatoms. The van der Waals surface area contributed by atoms with E-state index in [-0.39, 0.29) is 0 Å². The number of hydrogen-bond acceptors (Lipinski definition) is 4. The van der Waals surface area contributed by atoms with Gasteiger partial charge in [0.05, 0.1) is 23.5 Å². The van der Waals surface area contributed by atoms with E-state index in [1.54, 1.807) is 0 Å². The van der Waals surface area contributed by atoms with Crippen LogP contribution in [0.2, 0.25) is 0 Å². The molecule has 4 rings (SSSR count). The first-order valence-corrected chi connectivity index (χ1v) is 10.5. The molecule has 150 valence electrons. The highest BCUT2D eigenvalue weighted by Crippen LogP contribution is 2.43. The van der Waals surface area contributed by atoms with Crippen LogP contribution in [0.4, 0.5) is 0 Å². The first kappa shape index (κ1) is 19.7. The summed E-state index contributed by atoms with van der Waals surface area (Å²) in [6.07, 6.45) is 7.28. The summed E-state index contributed by atoms with van der Waals surface area (Å²) < 4.78 is 0. The monoisotopic (exact) mass is 386 g/mol. The molecule has 0 spiro atoms. The minimum absolute atomic E-state index is 0.297. The third-order valence-corrected chi connectivity index (χ3v) is 6.11. The Morgan fingerprint density at radius 3 is 1.83 bits per heavy atom. The maximum atomic E-state index is 5.79. The zero-order valence-corrected chi connectivity index (χ0v) is 17.4. The van der Waals surface area contributed by atoms with Crippen molar-refractivity contribution in [1.29, 1.82) is 0 Å². The van der Waals surface area contributed by atoms with Crippen molar-refractivity contribution in [2.45, 2.75) is 58.3 Å². The third kappa shape index (κ3) is 4.24. The molecule has 0 saturated carbocycles. The van der Waals surface area contributed by atoms with Gasteiger partial charge in [-0.2, -0.15) is 0 Å². The fourth-order valence-corrected chi connectivity index (χ4v) is 4.55. The van der Waals surface area contributed by atoms with Crippen LogP contribution in [0, 0.1) is 13.8 Å². The quantitative estimate of drug-likeness (QED) is 0.669. The molecule has 1 saturated heterocycles. The maximum Gasteiger partial charge on any atom is 0.0604 e. The standard InChI is InChI=1S/C25H30N4/c1-18-6-4-14-27-24(18)22-8-3-9-23(25-19(2)7-5-15-28-25)29(22)17-21-12-10-20(16-26)11-13-21/h4-7,10-15,22-23H,3,8-9,16-17,26H2,1-2H3. The Labute approximate surface area is 173 Å². The van der Waals surface area contributed by atoms with Gasteiger partial charge in [-0.15, -0.1) is 0 Å². The molecule has 0 radical (unpaired) electrons. The third-order valence-electron chi connectivity index (χ3n) is 6.11. The largest absolute Gasteiger partial charge is 0.326 e. The summed E-state index contributed by atoms with van der Waals surface area (Å²) in [7, 11) is 0. The number of nitrogens with two attached hydrogens (primary N) is 1. The van der Waals surface area contributed by atoms with E-state index in [9.17, 15) is 0 Å². The van der Waals surface area contributed by atoms with Crippen molar-refractivity contribution in [1.82, 2.24) is 14.9 Å². The molecule has 3 heterocycles. The van der Waals surface area contributed by atoms with Crippen LogP contribution >= 0.6 is 0 Å². The lowest BCUT2D eigenvalue weighted by Gasteiger charge is -2.42. The SMILES string of the molecule is Cc1cccnc1C1CCCC(c2ncccc2C)N1Cc1ccc(CN)cc1. The molecule has 2 aromatic heterocycles. The molecule has 3 aromatic rings. The van der Waals surface area contributed by atoms with Gasteiger partial charge in [-0.1, -0.05) is 36.4 Å². The Morgan fingerprint density at radius 2 is 1.34 bits per heavy atom. The van der Waals surface area contributed by atoms with Gasteiger partial charge in [-0.3, -0.25) is 14.9 Å². The molecular formula is C25H30N4. The minimum atomic E-state index is 0.297. The number of piperidine rings is 1. The molecule has 0 amide bonds. The van der Waals surface area contributed by atoms with Crippen molar-refractivity contribution in [3.63, 3.8) is 0 Å². The Bertz CT molecular complexity index is 898. The number of nitrogens with zero attached hydrogens (tertiary/aromatic N) is 3. The maximum absolute atomic E-state index is 5.79. The normalized spacial score (nSPS) is 20.0. The number of aromatic nitrogens is 2. The zero-order valence-electron chi connectivity index (χ0n) is 17.4. The summed E-state index contributed by atoms with van der Waals surface area (Å²) in [6.45, 7) is 5.81. The summed E-state index contributed by atoms with van der Waals surface area (Å²) in [4.78, 5) is 12.2. The van der Waals surface area contributed by atoms with Crippen LogP contribution in [0.1, 0.15) is 65.0 Å². The van der Waals surface area contributed by atoms with Gasteiger partial charge < -0.3 is 5.73 Å². The van der Waals surface area contributed by atoms with Crippen molar-refractivity contribution in [2.75, 3.05) is 0 Å². The molecule has 1 aliphatic rings. The van der Waals surface area contributed by atoms with Crippen molar-refractivity contribution in [2.24, 2.45) is 5.73 Å². The van der Waals surface area contributed by atoms with Gasteiger partial charge in [-0.25, -0.2) is 0 Å². The summed E-state index contributed by atoms with van der Waals surface area (Å²) >= 11 is 0. The van der Waals surface area contributed by atoms with E-state index in [1.807, 2.05) is 24.5 Å². The van der Waals surface area contributed by atoms with Gasteiger partial charge in [-0.05, 0) is 67.5 Å². The molecule has 29 heavy (non-hydrogen) atoms. The lowest BCUT2D eigenvalue weighted by molar-refractivity contribution is 0.0679. The summed E-state index contributed by atoms with van der Waals surface area (Å²) in [5, 5.41) is 0. The highest BCUT2D eigenvalue weighted by atomic mass is 15.2. The molecule has 2 atom stereocenters. The van der Waals surface area contributed by atoms with E-state index >= 15 is 0 Å². The van der Waals surface area contributed by atoms with E-state index in [0.29, 0.717) is 18.6 Å². The van der Waals surface area contributed by atoms with Crippen LogP contribution in [-0.2, 0) is 13.1 Å². The zero-order chi connectivity index (χ0) is 20.2. The van der Waals surface area contributed by atoms with Crippen LogP contribution in [-0.4, -0.2) is 14.9 Å². The fraction of sp³-hybridized carbons (Fsp3) is 0.360. The molecule has 2 unspecified atom stereocenters. The summed E-state index contributed by atoms with van der Waals surface area (Å²) in [5.41, 5.74) is 13.2. The van der Waals surface area contributed by atoms with Gasteiger partial charge in [0.25, 0.3) is 0 Å². The smallest absolute Gasteiger partial charge is 0.0604 e. The highest BCUT2D eigenvalue weighted by Gasteiger charge is 2.35. The van der Waals surface area contributed by atoms with E-state index in [0.717, 1.165) is 19.4 Å². The number of hydrogen-bond donors (Lipinski definition) is 1. The summed E-state index contributed by atoms with van der Waals surface area (Å²) in [5.74, 6) is 0. The Hall–Kier alpha value is -2.56. The Kier molecular flexibility index (Phi) is 6.02. The number of rotatable bonds is 5. The predicted molar refractivity (Wildman–Crippen MR) is 117 cm³/mol. The molecule has 2 N–H and O–H groups in total. The Morgan fingerprint density at radius 1 is 0.828 bits per heavy atom. The van der Waals surface area contributed by atoms with Crippen LogP contribution < -0.4 is 5.73 Å². The van der Waals surface area contributed by atoms with E-state index in [1.165, 1.54) is 40.1 Å². The molecule has 1 fully saturated rings. The first-order chi connectivity index (χ1) is 14.2. The van der Waals surface area contributed by atoms with E-state index in [4.69, 9.17) is 15.7 Å². The first-order valence-electron chi connectivity index (χ1n) is 10.5. The van der Waals surface area contributed by atoms with Crippen molar-refractivity contribution in [3.05, 3.63) is 94.6 Å². The topological polar surface area (TPSA) is 55.0 Å². The van der Waals surface area contributed by atoms with Gasteiger partial charge >= 0.3 is 0 Å². The average Bonchev–Trinajstić information content (AvgIpc) is 2.75. The predicted octanol–water partition coefficient (Wildman–Crippen LogP) is 5.02. The number of pyridine rings is 2. The van der Waals surface area contributed by atoms with Crippen LogP contribution in [0.5, 0.6) is 0 Å². The van der Waals surface area contributed by atoms with Crippen molar-refractivity contribution in [3.8, 4) is 0 Å². The number of benzene rings is 1. The second-order valence-electron chi connectivity index (χ2n) is 8.07. The molecule has 1 aromatic carbocycles. The van der Waals surface area contributed by atoms with Gasteiger partial charge in [0.1, 0.15) is 0 Å². The lowest BCUT2D eigenvalue weighted by Crippen LogP contribution is -2.37. The molecule has 1 aliphatic heterocycles. The summed E-state index contributed by atoms with van der Waals surface area (Å²) in [6, 6.07) is 17.7. The van der Waals surface area contributed by atoms with Crippen LogP contribution in [0.3, 0.4) is 0 Å². The second-order valence-corrected chi connectivity index (χ2v) is 8.07. The van der Waals surface area contributed by atoms with Gasteiger partial charge in [0.2, 0.25) is 0 Å². The van der Waals surface area contributed by atoms with Crippen LogP contribution in [0.15, 0.2) is 60.9 Å². The number of aryl methyl sites for hydroxylation is 2. The highest BCUT2D eigenvalue weighted by molar-refractivity contribution is 5.28. The second kappa shape index (κ2) is 8.85. The van der Waals surface area contributed by atoms with E-state index < -0.39 is 0 Å². The minimum Gasteiger partial charge on any atom is -0.326 e. The fourth-order valence-electron chi connectivity index (χ4n) is 4.55. The van der Waals surface area contributed by atoms with Crippen molar-refractivity contribution >= 4 is 0 Å². The molecule has 4 nitrogen and oxygen atoms in total. The van der Waals surface area contributed by atoms with E-state index in [2.05, 4.69) is 55.1 Å². The number of likely N-dealkylation sites (tertiary alicyclic amines) is 1. The van der Waals surface area contributed by atoms with Crippen LogP contribution in [0.25, 0.3) is 0 Å². The molecule has 0 bridgehead atoms. The van der Waals surface area contributed by atoms with Gasteiger partial charge in [0, 0.05) is 25.5 Å².